The Morgan fingerprint density at radius 2 is 1.73 bits per heavy atom. The van der Waals surface area contributed by atoms with E-state index >= 15 is 0 Å². The molecule has 0 fully saturated rings. The molecule has 0 N–H and O–H groups in total. The third-order valence-corrected chi connectivity index (χ3v) is 4.07. The molecule has 0 atom stereocenters. The summed E-state index contributed by atoms with van der Waals surface area (Å²) in [6.45, 7) is 0.395. The number of alkyl halides is 2. The lowest BCUT2D eigenvalue weighted by Gasteiger charge is -2.10. The number of nitrogens with zero attached hydrogens (tertiary/aromatic N) is 3. The van der Waals surface area contributed by atoms with Crippen LogP contribution in [-0.2, 0) is 6.54 Å². The predicted octanol–water partition coefficient (Wildman–Crippen LogP) is 4.04. The Bertz CT molecular complexity index is 1120. The van der Waals surface area contributed by atoms with E-state index in [-0.39, 0.29) is 11.4 Å². The summed E-state index contributed by atoms with van der Waals surface area (Å²) in [5, 5.41) is 7.92. The number of rotatable bonds is 4. The minimum atomic E-state index is -2.80. The molecule has 0 unspecified atom stereocenters. The van der Waals surface area contributed by atoms with Crippen LogP contribution < -0.4 is 5.56 Å². The van der Waals surface area contributed by atoms with E-state index in [4.69, 9.17) is 4.42 Å². The number of aromatic nitrogens is 3. The first-order valence-electron chi connectivity index (χ1n) is 7.91. The van der Waals surface area contributed by atoms with Gasteiger partial charge in [-0.25, -0.2) is 0 Å². The van der Waals surface area contributed by atoms with Crippen molar-refractivity contribution in [2.24, 2.45) is 0 Å². The monoisotopic (exact) mass is 353 g/mol. The summed E-state index contributed by atoms with van der Waals surface area (Å²) in [6, 6.07) is 18.0. The lowest BCUT2D eigenvalue weighted by atomic mass is 10.1. The van der Waals surface area contributed by atoms with Gasteiger partial charge in [-0.2, -0.15) is 8.78 Å². The summed E-state index contributed by atoms with van der Waals surface area (Å²) in [4.78, 5) is 12.3. The number of para-hydroxylation sites is 1. The number of fused-ring (bicyclic) bond motifs is 1. The molecule has 0 radical (unpaired) electrons. The Balaban J connectivity index is 1.64. The average molecular weight is 353 g/mol. The molecule has 0 spiro atoms. The lowest BCUT2D eigenvalue weighted by Crippen LogP contribution is -2.19. The number of hydrogen-bond donors (Lipinski definition) is 0. The SMILES string of the molecule is O=c1ccc2ccccc2n1Cc1ccc(-c2nnc(C(F)F)o2)cc1. The predicted molar refractivity (Wildman–Crippen MR) is 92.0 cm³/mol. The van der Waals surface area contributed by atoms with Gasteiger partial charge in [-0.3, -0.25) is 4.79 Å². The van der Waals surface area contributed by atoms with E-state index in [1.54, 1.807) is 41.0 Å². The van der Waals surface area contributed by atoms with Gasteiger partial charge in [0.2, 0.25) is 5.89 Å². The molecule has 5 nitrogen and oxygen atoms in total. The fourth-order valence-electron chi connectivity index (χ4n) is 2.78. The second-order valence-corrected chi connectivity index (χ2v) is 5.76. The van der Waals surface area contributed by atoms with Crippen molar-refractivity contribution in [3.63, 3.8) is 0 Å². The molecule has 4 aromatic rings. The van der Waals surface area contributed by atoms with E-state index < -0.39 is 12.3 Å². The Morgan fingerprint density at radius 3 is 2.46 bits per heavy atom. The van der Waals surface area contributed by atoms with Crippen LogP contribution in [0.5, 0.6) is 0 Å². The lowest BCUT2D eigenvalue weighted by molar-refractivity contribution is 0.116. The van der Waals surface area contributed by atoms with Crippen molar-refractivity contribution in [2.75, 3.05) is 0 Å². The summed E-state index contributed by atoms with van der Waals surface area (Å²) < 4.78 is 31.7. The van der Waals surface area contributed by atoms with Crippen LogP contribution in [0.4, 0.5) is 8.78 Å². The van der Waals surface area contributed by atoms with Crippen LogP contribution in [0.3, 0.4) is 0 Å². The van der Waals surface area contributed by atoms with Gasteiger partial charge >= 0.3 is 6.43 Å². The summed E-state index contributed by atoms with van der Waals surface area (Å²) in [5.41, 5.74) is 2.19. The molecule has 0 aliphatic rings. The molecule has 0 amide bonds. The Morgan fingerprint density at radius 1 is 0.962 bits per heavy atom. The second-order valence-electron chi connectivity index (χ2n) is 5.76. The van der Waals surface area contributed by atoms with Gasteiger partial charge in [0.25, 0.3) is 11.4 Å². The molecular formula is C19H13F2N3O2. The first-order valence-corrected chi connectivity index (χ1v) is 7.91. The van der Waals surface area contributed by atoms with E-state index in [2.05, 4.69) is 10.2 Å². The molecule has 26 heavy (non-hydrogen) atoms. The number of pyridine rings is 1. The Kier molecular flexibility index (Phi) is 4.04. The molecular weight excluding hydrogens is 340 g/mol. The van der Waals surface area contributed by atoms with Gasteiger partial charge in [0.15, 0.2) is 0 Å². The molecule has 0 saturated heterocycles. The third-order valence-electron chi connectivity index (χ3n) is 4.07. The highest BCUT2D eigenvalue weighted by Crippen LogP contribution is 2.23. The van der Waals surface area contributed by atoms with Crippen molar-refractivity contribution >= 4 is 10.9 Å². The van der Waals surface area contributed by atoms with Crippen molar-refractivity contribution < 1.29 is 13.2 Å². The number of benzene rings is 2. The standard InChI is InChI=1S/C19H13F2N3O2/c20-17(21)19-23-22-18(26-19)14-7-5-12(6-8-14)11-24-15-4-2-1-3-13(15)9-10-16(24)25/h1-10,17H,11H2. The van der Waals surface area contributed by atoms with Gasteiger partial charge in [-0.15, -0.1) is 10.2 Å². The minimum absolute atomic E-state index is 0.0363. The molecule has 4 rings (SSSR count). The molecule has 0 saturated carbocycles. The molecule has 0 aliphatic carbocycles. The van der Waals surface area contributed by atoms with Crippen LogP contribution in [-0.4, -0.2) is 14.8 Å². The summed E-state index contributed by atoms with van der Waals surface area (Å²) in [5.74, 6) is -0.666. The Labute approximate surface area is 146 Å². The van der Waals surface area contributed by atoms with E-state index in [0.29, 0.717) is 12.1 Å². The molecule has 2 aromatic heterocycles. The van der Waals surface area contributed by atoms with Crippen molar-refractivity contribution in [1.82, 2.24) is 14.8 Å². The maximum Gasteiger partial charge on any atom is 0.314 e. The minimum Gasteiger partial charge on any atom is -0.415 e. The zero-order chi connectivity index (χ0) is 18.1. The van der Waals surface area contributed by atoms with Gasteiger partial charge < -0.3 is 8.98 Å². The summed E-state index contributed by atoms with van der Waals surface area (Å²) in [7, 11) is 0. The maximum atomic E-state index is 12.5. The van der Waals surface area contributed by atoms with Crippen LogP contribution in [0.15, 0.2) is 69.9 Å². The molecule has 0 bridgehead atoms. The van der Waals surface area contributed by atoms with Crippen molar-refractivity contribution in [3.05, 3.63) is 82.5 Å². The van der Waals surface area contributed by atoms with Gasteiger partial charge in [0, 0.05) is 11.6 Å². The zero-order valence-electron chi connectivity index (χ0n) is 13.5. The fraction of sp³-hybridized carbons (Fsp3) is 0.105. The largest absolute Gasteiger partial charge is 0.415 e. The zero-order valence-corrected chi connectivity index (χ0v) is 13.5. The van der Waals surface area contributed by atoms with Crippen molar-refractivity contribution in [3.8, 4) is 11.5 Å². The van der Waals surface area contributed by atoms with Crippen molar-refractivity contribution in [1.29, 1.82) is 0 Å². The normalized spacial score (nSPS) is 11.3. The summed E-state index contributed by atoms with van der Waals surface area (Å²) >= 11 is 0. The van der Waals surface area contributed by atoms with Gasteiger partial charge in [0.1, 0.15) is 0 Å². The number of hydrogen-bond acceptors (Lipinski definition) is 4. The van der Waals surface area contributed by atoms with Gasteiger partial charge in [0.05, 0.1) is 12.1 Å². The summed E-state index contributed by atoms with van der Waals surface area (Å²) in [6.07, 6.45) is -2.80. The first kappa shape index (κ1) is 16.1. The van der Waals surface area contributed by atoms with Crippen LogP contribution in [0.1, 0.15) is 17.9 Å². The van der Waals surface area contributed by atoms with Crippen molar-refractivity contribution in [2.45, 2.75) is 13.0 Å². The van der Waals surface area contributed by atoms with E-state index in [9.17, 15) is 13.6 Å². The molecule has 2 heterocycles. The van der Waals surface area contributed by atoms with Gasteiger partial charge in [-0.1, -0.05) is 30.3 Å². The second kappa shape index (κ2) is 6.51. The van der Waals surface area contributed by atoms with E-state index in [1.165, 1.54) is 0 Å². The quantitative estimate of drug-likeness (QED) is 0.556. The first-order chi connectivity index (χ1) is 12.6. The molecule has 130 valence electrons. The highest BCUT2D eigenvalue weighted by Gasteiger charge is 2.16. The molecule has 2 aromatic carbocycles. The van der Waals surface area contributed by atoms with E-state index in [0.717, 1.165) is 16.5 Å². The highest BCUT2D eigenvalue weighted by atomic mass is 19.3. The Hall–Kier alpha value is -3.35. The van der Waals surface area contributed by atoms with Crippen LogP contribution in [0, 0.1) is 0 Å². The smallest absolute Gasteiger partial charge is 0.314 e. The topological polar surface area (TPSA) is 60.9 Å². The average Bonchev–Trinajstić information content (AvgIpc) is 3.15. The maximum absolute atomic E-state index is 12.5. The third kappa shape index (κ3) is 2.99. The fourth-order valence-corrected chi connectivity index (χ4v) is 2.78. The van der Waals surface area contributed by atoms with Crippen LogP contribution in [0.25, 0.3) is 22.4 Å². The van der Waals surface area contributed by atoms with Crippen LogP contribution >= 0.6 is 0 Å². The van der Waals surface area contributed by atoms with Crippen LogP contribution in [0.2, 0.25) is 0 Å². The molecule has 0 aliphatic heterocycles. The molecule has 7 heteroatoms. The van der Waals surface area contributed by atoms with E-state index in [1.807, 2.05) is 24.3 Å². The van der Waals surface area contributed by atoms with Gasteiger partial charge in [-0.05, 0) is 35.2 Å². The highest BCUT2D eigenvalue weighted by molar-refractivity contribution is 5.78. The number of halogens is 2.